The topological polar surface area (TPSA) is 49.9 Å². The number of nitrogens with one attached hydrogen (secondary N) is 2. The molecule has 1 aromatic carbocycles. The number of H-pyrrole nitrogens is 1. The van der Waals surface area contributed by atoms with E-state index in [1.165, 1.54) is 30.2 Å². The van der Waals surface area contributed by atoms with E-state index in [4.69, 9.17) is 4.74 Å². The zero-order chi connectivity index (χ0) is 15.4. The summed E-state index contributed by atoms with van der Waals surface area (Å²) in [6.45, 7) is 5.54. The number of aryl methyl sites for hydroxylation is 1. The Bertz CT molecular complexity index is 605. The van der Waals surface area contributed by atoms with Crippen molar-refractivity contribution < 1.29 is 4.74 Å². The molecule has 0 radical (unpaired) electrons. The van der Waals surface area contributed by atoms with E-state index in [0.29, 0.717) is 12.1 Å². The summed E-state index contributed by atoms with van der Waals surface area (Å²) in [6, 6.07) is 4.85. The van der Waals surface area contributed by atoms with Crippen LogP contribution in [0, 0.1) is 0 Å². The van der Waals surface area contributed by atoms with E-state index in [-0.39, 0.29) is 12.4 Å². The molecule has 1 heterocycles. The summed E-state index contributed by atoms with van der Waals surface area (Å²) in [5, 5.41) is 12.0. The fraction of sp³-hybridized carbons (Fsp3) is 0.611. The molecule has 3 rings (SSSR count). The van der Waals surface area contributed by atoms with Gasteiger partial charge in [0.05, 0.1) is 17.8 Å². The average molecular weight is 338 g/mol. The van der Waals surface area contributed by atoms with Gasteiger partial charge in [0.15, 0.2) is 0 Å². The summed E-state index contributed by atoms with van der Waals surface area (Å²) in [7, 11) is 0. The Morgan fingerprint density at radius 3 is 2.70 bits per heavy atom. The minimum Gasteiger partial charge on any atom is -0.490 e. The molecule has 0 amide bonds. The molecule has 0 aliphatic heterocycles. The van der Waals surface area contributed by atoms with Gasteiger partial charge in [0.25, 0.3) is 0 Å². The standard InChI is InChI=1S/C18H27N3O.ClH/c1-3-11-19-13-5-7-14(8-6-13)22-18-10-9-17-16(12-20-21-17)15(18)4-2;/h9-10,12-14,19H,3-8,11H2,1-2H3,(H,20,21);1H/t13-,14-;. The van der Waals surface area contributed by atoms with E-state index in [1.807, 2.05) is 6.20 Å². The lowest BCUT2D eigenvalue weighted by atomic mass is 9.92. The van der Waals surface area contributed by atoms with Crippen LogP contribution >= 0.6 is 12.4 Å². The van der Waals surface area contributed by atoms with Gasteiger partial charge in [-0.05, 0) is 57.2 Å². The van der Waals surface area contributed by atoms with Crippen molar-refractivity contribution in [3.63, 3.8) is 0 Å². The van der Waals surface area contributed by atoms with E-state index >= 15 is 0 Å². The van der Waals surface area contributed by atoms with E-state index in [0.717, 1.165) is 37.1 Å². The van der Waals surface area contributed by atoms with Gasteiger partial charge >= 0.3 is 0 Å². The molecule has 5 heteroatoms. The van der Waals surface area contributed by atoms with Gasteiger partial charge in [0.2, 0.25) is 0 Å². The van der Waals surface area contributed by atoms with Gasteiger partial charge in [-0.15, -0.1) is 12.4 Å². The van der Waals surface area contributed by atoms with Gasteiger partial charge in [0.1, 0.15) is 5.75 Å². The second-order valence-electron chi connectivity index (χ2n) is 6.27. The molecule has 0 bridgehead atoms. The Kier molecular flexibility index (Phi) is 6.72. The molecule has 1 aromatic heterocycles. The molecular formula is C18H28ClN3O. The van der Waals surface area contributed by atoms with Gasteiger partial charge in [0, 0.05) is 17.0 Å². The van der Waals surface area contributed by atoms with Crippen LogP contribution in [0.2, 0.25) is 0 Å². The largest absolute Gasteiger partial charge is 0.490 e. The minimum absolute atomic E-state index is 0. The van der Waals surface area contributed by atoms with Crippen molar-refractivity contribution in [2.24, 2.45) is 0 Å². The van der Waals surface area contributed by atoms with Crippen LogP contribution in [0.15, 0.2) is 18.3 Å². The first-order valence-electron chi connectivity index (χ1n) is 8.66. The zero-order valence-electron chi connectivity index (χ0n) is 14.1. The summed E-state index contributed by atoms with van der Waals surface area (Å²) >= 11 is 0. The molecule has 2 aromatic rings. The van der Waals surface area contributed by atoms with Crippen molar-refractivity contribution >= 4 is 23.3 Å². The molecule has 128 valence electrons. The number of fused-ring (bicyclic) bond motifs is 1. The Morgan fingerprint density at radius 2 is 2.00 bits per heavy atom. The highest BCUT2D eigenvalue weighted by Gasteiger charge is 2.22. The maximum absolute atomic E-state index is 6.34. The Hall–Kier alpha value is -1.26. The first-order valence-corrected chi connectivity index (χ1v) is 8.66. The molecule has 0 saturated heterocycles. The summed E-state index contributed by atoms with van der Waals surface area (Å²) in [6.07, 6.45) is 9.18. The highest BCUT2D eigenvalue weighted by atomic mass is 35.5. The van der Waals surface area contributed by atoms with Crippen LogP contribution in [-0.2, 0) is 6.42 Å². The molecule has 0 unspecified atom stereocenters. The monoisotopic (exact) mass is 337 g/mol. The number of rotatable bonds is 6. The molecule has 23 heavy (non-hydrogen) atoms. The highest BCUT2D eigenvalue weighted by molar-refractivity contribution is 5.85. The minimum atomic E-state index is 0. The number of nitrogens with zero attached hydrogens (tertiary/aromatic N) is 1. The maximum Gasteiger partial charge on any atom is 0.123 e. The van der Waals surface area contributed by atoms with E-state index in [1.54, 1.807) is 0 Å². The molecule has 0 spiro atoms. The van der Waals surface area contributed by atoms with Gasteiger partial charge < -0.3 is 10.1 Å². The van der Waals surface area contributed by atoms with Crippen LogP contribution in [0.3, 0.4) is 0 Å². The highest BCUT2D eigenvalue weighted by Crippen LogP contribution is 2.31. The molecule has 1 aliphatic carbocycles. The van der Waals surface area contributed by atoms with Crippen LogP contribution in [0.5, 0.6) is 5.75 Å². The smallest absolute Gasteiger partial charge is 0.123 e. The van der Waals surface area contributed by atoms with Crippen molar-refractivity contribution in [2.75, 3.05) is 6.54 Å². The molecular weight excluding hydrogens is 310 g/mol. The number of hydrogen-bond acceptors (Lipinski definition) is 3. The van der Waals surface area contributed by atoms with Crippen LogP contribution in [0.1, 0.15) is 51.5 Å². The number of hydrogen-bond donors (Lipinski definition) is 2. The van der Waals surface area contributed by atoms with Crippen LogP contribution in [-0.4, -0.2) is 28.9 Å². The predicted molar refractivity (Wildman–Crippen MR) is 97.7 cm³/mol. The van der Waals surface area contributed by atoms with E-state index < -0.39 is 0 Å². The third-order valence-corrected chi connectivity index (χ3v) is 4.70. The van der Waals surface area contributed by atoms with Crippen molar-refractivity contribution in [1.29, 1.82) is 0 Å². The van der Waals surface area contributed by atoms with Crippen molar-refractivity contribution in [3.8, 4) is 5.75 Å². The summed E-state index contributed by atoms with van der Waals surface area (Å²) in [5.74, 6) is 1.04. The van der Waals surface area contributed by atoms with Gasteiger partial charge in [-0.1, -0.05) is 13.8 Å². The van der Waals surface area contributed by atoms with Crippen LogP contribution in [0.4, 0.5) is 0 Å². The Labute approximate surface area is 144 Å². The van der Waals surface area contributed by atoms with Gasteiger partial charge in [-0.3, -0.25) is 5.10 Å². The second kappa shape index (κ2) is 8.55. The Balaban J connectivity index is 0.00000192. The molecule has 1 aliphatic rings. The number of aromatic nitrogens is 2. The lowest BCUT2D eigenvalue weighted by Crippen LogP contribution is -2.36. The lowest BCUT2D eigenvalue weighted by Gasteiger charge is -2.30. The van der Waals surface area contributed by atoms with Crippen molar-refractivity contribution in [3.05, 3.63) is 23.9 Å². The summed E-state index contributed by atoms with van der Waals surface area (Å²) in [4.78, 5) is 0. The number of halogens is 1. The Morgan fingerprint density at radius 1 is 1.22 bits per heavy atom. The van der Waals surface area contributed by atoms with Crippen molar-refractivity contribution in [1.82, 2.24) is 15.5 Å². The normalized spacial score (nSPS) is 21.1. The van der Waals surface area contributed by atoms with Crippen LogP contribution < -0.4 is 10.1 Å². The molecule has 0 atom stereocenters. The van der Waals surface area contributed by atoms with Gasteiger partial charge in [-0.25, -0.2) is 0 Å². The molecule has 1 saturated carbocycles. The first kappa shape index (κ1) is 18.1. The van der Waals surface area contributed by atoms with Crippen LogP contribution in [0.25, 0.3) is 10.9 Å². The maximum atomic E-state index is 6.34. The average Bonchev–Trinajstić information content (AvgIpc) is 3.02. The second-order valence-corrected chi connectivity index (χ2v) is 6.27. The van der Waals surface area contributed by atoms with E-state index in [9.17, 15) is 0 Å². The number of benzene rings is 1. The summed E-state index contributed by atoms with van der Waals surface area (Å²) in [5.41, 5.74) is 2.37. The van der Waals surface area contributed by atoms with Crippen molar-refractivity contribution in [2.45, 2.75) is 64.5 Å². The SMILES string of the molecule is CCCN[C@H]1CC[C@H](Oc2ccc3[nH]ncc3c2CC)CC1.Cl. The first-order chi connectivity index (χ1) is 10.8. The quantitative estimate of drug-likeness (QED) is 0.829. The van der Waals surface area contributed by atoms with E-state index in [2.05, 4.69) is 41.5 Å². The summed E-state index contributed by atoms with van der Waals surface area (Å²) < 4.78 is 6.34. The predicted octanol–water partition coefficient (Wildman–Crippen LogP) is 4.24. The fourth-order valence-electron chi connectivity index (χ4n) is 3.44. The fourth-order valence-corrected chi connectivity index (χ4v) is 3.44. The van der Waals surface area contributed by atoms with Gasteiger partial charge in [-0.2, -0.15) is 5.10 Å². The third kappa shape index (κ3) is 4.18. The zero-order valence-corrected chi connectivity index (χ0v) is 14.9. The molecule has 2 N–H and O–H groups in total. The molecule has 4 nitrogen and oxygen atoms in total. The molecule has 1 fully saturated rings. The third-order valence-electron chi connectivity index (χ3n) is 4.70. The number of ether oxygens (including phenoxy) is 1. The lowest BCUT2D eigenvalue weighted by molar-refractivity contribution is 0.139. The number of aromatic amines is 1.